The summed E-state index contributed by atoms with van der Waals surface area (Å²) in [4.78, 5) is 11.8. The Morgan fingerprint density at radius 3 is 1.25 bits per heavy atom. The van der Waals surface area contributed by atoms with E-state index in [9.17, 15) is 4.79 Å². The van der Waals surface area contributed by atoms with Crippen molar-refractivity contribution < 1.29 is 9.53 Å². The molecule has 1 aliphatic rings. The summed E-state index contributed by atoms with van der Waals surface area (Å²) in [6.07, 6.45) is 22.4. The third-order valence-electron chi connectivity index (χ3n) is 5.17. The lowest BCUT2D eigenvalue weighted by Crippen LogP contribution is -2.18. The Morgan fingerprint density at radius 2 is 0.958 bits per heavy atom. The summed E-state index contributed by atoms with van der Waals surface area (Å²) in [6, 6.07) is 0. The van der Waals surface area contributed by atoms with Crippen LogP contribution in [0.2, 0.25) is 0 Å². The SMILES string of the molecule is C=C(C)C(=O)OC1CCCCCCCCCCCCCCCCC1. The topological polar surface area (TPSA) is 26.3 Å². The lowest BCUT2D eigenvalue weighted by molar-refractivity contribution is -0.145. The highest BCUT2D eigenvalue weighted by molar-refractivity contribution is 5.87. The highest BCUT2D eigenvalue weighted by Crippen LogP contribution is 2.19. The van der Waals surface area contributed by atoms with Crippen LogP contribution in [-0.2, 0) is 9.53 Å². The van der Waals surface area contributed by atoms with E-state index in [1.165, 1.54) is 96.3 Å². The normalized spacial score (nSPS) is 21.4. The summed E-state index contributed by atoms with van der Waals surface area (Å²) in [6.45, 7) is 5.45. The Labute approximate surface area is 150 Å². The molecule has 1 aliphatic carbocycles. The van der Waals surface area contributed by atoms with Crippen molar-refractivity contribution in [3.8, 4) is 0 Å². The van der Waals surface area contributed by atoms with Gasteiger partial charge in [-0.25, -0.2) is 4.79 Å². The first-order valence-corrected chi connectivity index (χ1v) is 10.6. The van der Waals surface area contributed by atoms with Gasteiger partial charge in [-0.2, -0.15) is 0 Å². The highest BCUT2D eigenvalue weighted by atomic mass is 16.5. The molecule has 140 valence electrons. The number of hydrogen-bond donors (Lipinski definition) is 0. The molecule has 0 radical (unpaired) electrons. The number of rotatable bonds is 2. The zero-order valence-corrected chi connectivity index (χ0v) is 16.1. The molecule has 0 atom stereocenters. The van der Waals surface area contributed by atoms with Crippen molar-refractivity contribution in [2.75, 3.05) is 0 Å². The van der Waals surface area contributed by atoms with Gasteiger partial charge >= 0.3 is 5.97 Å². The molecule has 1 fully saturated rings. The van der Waals surface area contributed by atoms with Crippen LogP contribution >= 0.6 is 0 Å². The average Bonchev–Trinajstić information content (AvgIpc) is 2.56. The molecule has 24 heavy (non-hydrogen) atoms. The van der Waals surface area contributed by atoms with Gasteiger partial charge in [-0.05, 0) is 32.6 Å². The van der Waals surface area contributed by atoms with Crippen LogP contribution in [0.25, 0.3) is 0 Å². The summed E-state index contributed by atoms with van der Waals surface area (Å²) < 4.78 is 5.66. The Morgan fingerprint density at radius 1 is 0.667 bits per heavy atom. The van der Waals surface area contributed by atoms with Crippen LogP contribution in [0.4, 0.5) is 0 Å². The van der Waals surface area contributed by atoms with E-state index in [0.717, 1.165) is 12.8 Å². The fourth-order valence-corrected chi connectivity index (χ4v) is 3.56. The second kappa shape index (κ2) is 14.5. The van der Waals surface area contributed by atoms with Crippen LogP contribution in [0.1, 0.15) is 116 Å². The van der Waals surface area contributed by atoms with Gasteiger partial charge in [-0.3, -0.25) is 0 Å². The molecule has 0 unspecified atom stereocenters. The largest absolute Gasteiger partial charge is 0.459 e. The maximum atomic E-state index is 11.8. The smallest absolute Gasteiger partial charge is 0.333 e. The summed E-state index contributed by atoms with van der Waals surface area (Å²) in [7, 11) is 0. The van der Waals surface area contributed by atoms with Gasteiger partial charge in [0.15, 0.2) is 0 Å². The minimum Gasteiger partial charge on any atom is -0.459 e. The van der Waals surface area contributed by atoms with E-state index in [1.54, 1.807) is 6.92 Å². The fraction of sp³-hybridized carbons (Fsp3) is 0.864. The minimum atomic E-state index is -0.206. The van der Waals surface area contributed by atoms with Gasteiger partial charge < -0.3 is 4.74 Å². The average molecular weight is 337 g/mol. The predicted molar refractivity (Wildman–Crippen MR) is 103 cm³/mol. The van der Waals surface area contributed by atoms with Crippen molar-refractivity contribution in [1.82, 2.24) is 0 Å². The van der Waals surface area contributed by atoms with Gasteiger partial charge in [0.25, 0.3) is 0 Å². The zero-order valence-electron chi connectivity index (χ0n) is 16.1. The quantitative estimate of drug-likeness (QED) is 0.396. The van der Waals surface area contributed by atoms with Crippen LogP contribution in [0.15, 0.2) is 12.2 Å². The number of esters is 1. The predicted octanol–water partition coefficient (Wildman–Crippen LogP) is 7.12. The Balaban J connectivity index is 2.34. The highest BCUT2D eigenvalue weighted by Gasteiger charge is 2.14. The Hall–Kier alpha value is -0.790. The van der Waals surface area contributed by atoms with Gasteiger partial charge in [-0.15, -0.1) is 0 Å². The zero-order chi connectivity index (χ0) is 17.5. The summed E-state index contributed by atoms with van der Waals surface area (Å²) in [5, 5.41) is 0. The van der Waals surface area contributed by atoms with Gasteiger partial charge in [0.05, 0.1) is 0 Å². The molecule has 2 nitrogen and oxygen atoms in total. The molecule has 0 aromatic heterocycles. The number of carbonyl (C=O) groups is 1. The van der Waals surface area contributed by atoms with Crippen molar-refractivity contribution in [2.45, 2.75) is 122 Å². The first kappa shape index (κ1) is 21.3. The molecule has 1 saturated carbocycles. The maximum Gasteiger partial charge on any atom is 0.333 e. The van der Waals surface area contributed by atoms with Crippen molar-refractivity contribution in [3.63, 3.8) is 0 Å². The first-order valence-electron chi connectivity index (χ1n) is 10.6. The van der Waals surface area contributed by atoms with E-state index in [1.807, 2.05) is 0 Å². The Kier molecular flexibility index (Phi) is 12.9. The molecule has 0 heterocycles. The summed E-state index contributed by atoms with van der Waals surface area (Å²) in [5.74, 6) is -0.206. The third-order valence-corrected chi connectivity index (χ3v) is 5.17. The molecule has 1 rings (SSSR count). The van der Waals surface area contributed by atoms with Crippen molar-refractivity contribution in [2.24, 2.45) is 0 Å². The Bertz CT molecular complexity index is 317. The second-order valence-electron chi connectivity index (χ2n) is 7.69. The molecule has 0 bridgehead atoms. The molecule has 0 N–H and O–H groups in total. The van der Waals surface area contributed by atoms with Gasteiger partial charge in [0.2, 0.25) is 0 Å². The molecule has 2 heteroatoms. The van der Waals surface area contributed by atoms with Crippen LogP contribution in [0.3, 0.4) is 0 Å². The van der Waals surface area contributed by atoms with E-state index in [2.05, 4.69) is 6.58 Å². The number of ether oxygens (including phenoxy) is 1. The van der Waals surface area contributed by atoms with Crippen molar-refractivity contribution in [3.05, 3.63) is 12.2 Å². The van der Waals surface area contributed by atoms with Crippen LogP contribution in [-0.4, -0.2) is 12.1 Å². The molecular formula is C22H40O2. The molecule has 0 aromatic rings. The van der Waals surface area contributed by atoms with Gasteiger partial charge in [0.1, 0.15) is 6.10 Å². The fourth-order valence-electron chi connectivity index (χ4n) is 3.56. The molecule has 0 spiro atoms. The van der Waals surface area contributed by atoms with E-state index in [-0.39, 0.29) is 12.1 Å². The lowest BCUT2D eigenvalue weighted by atomic mass is 10.00. The molecule has 0 aromatic carbocycles. The van der Waals surface area contributed by atoms with Gasteiger partial charge in [0, 0.05) is 5.57 Å². The number of carbonyl (C=O) groups excluding carboxylic acids is 1. The third kappa shape index (κ3) is 11.7. The van der Waals surface area contributed by atoms with Crippen LogP contribution in [0, 0.1) is 0 Å². The lowest BCUT2D eigenvalue weighted by Gasteiger charge is -2.18. The van der Waals surface area contributed by atoms with Crippen LogP contribution in [0.5, 0.6) is 0 Å². The molecule has 0 aliphatic heterocycles. The van der Waals surface area contributed by atoms with E-state index >= 15 is 0 Å². The van der Waals surface area contributed by atoms with E-state index in [4.69, 9.17) is 4.74 Å². The van der Waals surface area contributed by atoms with Crippen molar-refractivity contribution >= 4 is 5.97 Å². The minimum absolute atomic E-state index is 0.105. The number of hydrogen-bond acceptors (Lipinski definition) is 2. The first-order chi connectivity index (χ1) is 11.7. The summed E-state index contributed by atoms with van der Waals surface area (Å²) in [5.41, 5.74) is 0.523. The maximum absolute atomic E-state index is 11.8. The monoisotopic (exact) mass is 336 g/mol. The standard InChI is InChI=1S/C22H40O2/c1-20(2)22(23)24-21-18-16-14-12-10-8-6-4-3-5-7-9-11-13-15-17-19-21/h21H,1,3-19H2,2H3. The van der Waals surface area contributed by atoms with Gasteiger partial charge in [-0.1, -0.05) is 90.0 Å². The van der Waals surface area contributed by atoms with E-state index in [0.29, 0.717) is 5.57 Å². The van der Waals surface area contributed by atoms with Crippen LogP contribution < -0.4 is 0 Å². The van der Waals surface area contributed by atoms with E-state index < -0.39 is 0 Å². The molecular weight excluding hydrogens is 296 g/mol. The second-order valence-corrected chi connectivity index (χ2v) is 7.69. The van der Waals surface area contributed by atoms with Crippen molar-refractivity contribution in [1.29, 1.82) is 0 Å². The summed E-state index contributed by atoms with van der Waals surface area (Å²) >= 11 is 0. The molecule has 0 amide bonds. The molecule has 0 saturated heterocycles.